The monoisotopic (exact) mass is 171 g/mol. The molecule has 1 heterocycles. The Labute approximate surface area is 70.8 Å². The summed E-state index contributed by atoms with van der Waals surface area (Å²) in [5, 5.41) is 1.14. The van der Waals surface area contributed by atoms with Crippen LogP contribution in [0.25, 0.3) is 0 Å². The van der Waals surface area contributed by atoms with Gasteiger partial charge in [-0.05, 0) is 37.8 Å². The molecule has 0 amide bonds. The van der Waals surface area contributed by atoms with Gasteiger partial charge >= 0.3 is 0 Å². The maximum Gasteiger partial charge on any atom is 0.139 e. The second-order valence-corrected chi connectivity index (χ2v) is 3.32. The maximum absolute atomic E-state index is 5.37. The van der Waals surface area contributed by atoms with Gasteiger partial charge in [0.2, 0.25) is 0 Å². The molecule has 0 fully saturated rings. The molecule has 2 N–H and O–H groups in total. The summed E-state index contributed by atoms with van der Waals surface area (Å²) in [4.78, 5) is 4.25. The topological polar surface area (TPSA) is 51.8 Å². The predicted molar refractivity (Wildman–Crippen MR) is 46.6 cm³/mol. The van der Waals surface area contributed by atoms with Crippen LogP contribution in [0.15, 0.2) is 0 Å². The molecule has 11 heavy (non-hydrogen) atoms. The Morgan fingerprint density at radius 1 is 1.45 bits per heavy atom. The average Bonchev–Trinajstić information content (AvgIpc) is 2.37. The van der Waals surface area contributed by atoms with E-state index in [-0.39, 0.29) is 0 Å². The first-order chi connectivity index (χ1) is 5.33. The lowest BCUT2D eigenvalue weighted by atomic mass is 10.2. The summed E-state index contributed by atoms with van der Waals surface area (Å²) in [7, 11) is 0. The maximum atomic E-state index is 5.37. The van der Waals surface area contributed by atoms with Gasteiger partial charge in [-0.3, -0.25) is 0 Å². The lowest BCUT2D eigenvalue weighted by Gasteiger charge is -1.92. The molecule has 62 valence electrons. The second kappa shape index (κ2) is 4.41. The summed E-state index contributed by atoms with van der Waals surface area (Å²) in [5.41, 5.74) is 5.37. The normalized spacial score (nSPS) is 10.4. The highest BCUT2D eigenvalue weighted by Gasteiger charge is 1.98. The fourth-order valence-corrected chi connectivity index (χ4v) is 1.55. The zero-order valence-electron chi connectivity index (χ0n) is 6.71. The molecule has 0 aliphatic rings. The first kappa shape index (κ1) is 8.62. The van der Waals surface area contributed by atoms with Gasteiger partial charge in [0.05, 0.1) is 0 Å². The van der Waals surface area contributed by atoms with E-state index < -0.39 is 0 Å². The number of nitrogens with zero attached hydrogens (tertiary/aromatic N) is 2. The molecule has 0 aromatic carbocycles. The van der Waals surface area contributed by atoms with Crippen molar-refractivity contribution in [3.63, 3.8) is 0 Å². The molecular weight excluding hydrogens is 158 g/mol. The van der Waals surface area contributed by atoms with Crippen molar-refractivity contribution in [3.05, 3.63) is 10.8 Å². The number of hydrogen-bond acceptors (Lipinski definition) is 4. The van der Waals surface area contributed by atoms with Crippen molar-refractivity contribution in [3.8, 4) is 0 Å². The fourth-order valence-electron chi connectivity index (χ4n) is 0.862. The number of aromatic nitrogens is 2. The van der Waals surface area contributed by atoms with E-state index in [2.05, 4.69) is 9.36 Å². The first-order valence-electron chi connectivity index (χ1n) is 3.82. The van der Waals surface area contributed by atoms with Crippen LogP contribution in [0.1, 0.15) is 23.7 Å². The average molecular weight is 171 g/mol. The Bertz CT molecular complexity index is 209. The van der Waals surface area contributed by atoms with Gasteiger partial charge < -0.3 is 5.73 Å². The van der Waals surface area contributed by atoms with Crippen LogP contribution in [0.5, 0.6) is 0 Å². The van der Waals surface area contributed by atoms with Crippen LogP contribution in [-0.2, 0) is 6.42 Å². The number of aryl methyl sites for hydroxylation is 2. The van der Waals surface area contributed by atoms with E-state index in [9.17, 15) is 0 Å². The van der Waals surface area contributed by atoms with E-state index in [1.165, 1.54) is 11.5 Å². The Hall–Kier alpha value is -0.480. The Morgan fingerprint density at radius 3 is 2.82 bits per heavy atom. The number of unbranched alkanes of at least 4 members (excludes halogenated alkanes) is 1. The summed E-state index contributed by atoms with van der Waals surface area (Å²) in [6, 6.07) is 0. The number of rotatable bonds is 4. The van der Waals surface area contributed by atoms with E-state index in [4.69, 9.17) is 5.73 Å². The smallest absolute Gasteiger partial charge is 0.139 e. The molecule has 0 spiro atoms. The predicted octanol–water partition coefficient (Wildman–Crippen LogP) is 1.13. The molecule has 0 radical (unpaired) electrons. The largest absolute Gasteiger partial charge is 0.330 e. The highest BCUT2D eigenvalue weighted by molar-refractivity contribution is 7.05. The summed E-state index contributed by atoms with van der Waals surface area (Å²) in [5.74, 6) is 0.887. The van der Waals surface area contributed by atoms with Gasteiger partial charge in [-0.2, -0.15) is 4.37 Å². The summed E-state index contributed by atoms with van der Waals surface area (Å²) in [6.07, 6.45) is 3.24. The van der Waals surface area contributed by atoms with Crippen molar-refractivity contribution in [2.45, 2.75) is 26.2 Å². The van der Waals surface area contributed by atoms with Crippen molar-refractivity contribution in [2.75, 3.05) is 6.54 Å². The Morgan fingerprint density at radius 2 is 2.27 bits per heavy atom. The number of nitrogens with two attached hydrogens (primary N) is 1. The summed E-state index contributed by atoms with van der Waals surface area (Å²) in [6.45, 7) is 2.70. The van der Waals surface area contributed by atoms with E-state index in [1.807, 2.05) is 6.92 Å². The third-order valence-electron chi connectivity index (χ3n) is 1.41. The van der Waals surface area contributed by atoms with E-state index in [1.54, 1.807) is 0 Å². The minimum Gasteiger partial charge on any atom is -0.330 e. The highest BCUT2D eigenvalue weighted by atomic mass is 32.1. The van der Waals surface area contributed by atoms with Crippen molar-refractivity contribution in [1.82, 2.24) is 9.36 Å². The van der Waals surface area contributed by atoms with Crippen LogP contribution in [0.4, 0.5) is 0 Å². The molecule has 0 saturated heterocycles. The lowest BCUT2D eigenvalue weighted by molar-refractivity contribution is 0.740. The molecule has 0 unspecified atom stereocenters. The van der Waals surface area contributed by atoms with Crippen molar-refractivity contribution in [1.29, 1.82) is 0 Å². The standard InChI is InChI=1S/C7H13N3S/c1-6-9-7(11-10-6)4-2-3-5-8/h2-5,8H2,1H3. The molecule has 1 aromatic rings. The molecule has 0 bridgehead atoms. The molecule has 0 aliphatic heterocycles. The summed E-state index contributed by atoms with van der Waals surface area (Å²) >= 11 is 1.50. The minimum absolute atomic E-state index is 0.776. The van der Waals surface area contributed by atoms with Crippen LogP contribution < -0.4 is 5.73 Å². The van der Waals surface area contributed by atoms with Crippen LogP contribution in [0.2, 0.25) is 0 Å². The molecule has 0 saturated carbocycles. The van der Waals surface area contributed by atoms with Crippen LogP contribution in [-0.4, -0.2) is 15.9 Å². The van der Waals surface area contributed by atoms with Crippen LogP contribution in [0, 0.1) is 6.92 Å². The van der Waals surface area contributed by atoms with Gasteiger partial charge in [-0.25, -0.2) is 4.98 Å². The highest BCUT2D eigenvalue weighted by Crippen LogP contribution is 2.07. The zero-order valence-corrected chi connectivity index (χ0v) is 7.52. The molecule has 0 atom stereocenters. The van der Waals surface area contributed by atoms with Crippen molar-refractivity contribution in [2.24, 2.45) is 5.73 Å². The third-order valence-corrected chi connectivity index (χ3v) is 2.28. The fraction of sp³-hybridized carbons (Fsp3) is 0.714. The molecule has 0 aliphatic carbocycles. The van der Waals surface area contributed by atoms with Gasteiger partial charge in [0.1, 0.15) is 10.8 Å². The van der Waals surface area contributed by atoms with E-state index >= 15 is 0 Å². The quantitative estimate of drug-likeness (QED) is 0.691. The summed E-state index contributed by atoms with van der Waals surface area (Å²) < 4.78 is 4.09. The Kier molecular flexibility index (Phi) is 3.45. The minimum atomic E-state index is 0.776. The van der Waals surface area contributed by atoms with Gasteiger partial charge in [0.15, 0.2) is 0 Å². The molecule has 4 heteroatoms. The van der Waals surface area contributed by atoms with Gasteiger partial charge in [0, 0.05) is 6.42 Å². The van der Waals surface area contributed by atoms with E-state index in [0.29, 0.717) is 0 Å². The zero-order chi connectivity index (χ0) is 8.10. The SMILES string of the molecule is Cc1nsc(CCCCN)n1. The molecule has 3 nitrogen and oxygen atoms in total. The third kappa shape index (κ3) is 2.95. The van der Waals surface area contributed by atoms with Crippen LogP contribution >= 0.6 is 11.5 Å². The van der Waals surface area contributed by atoms with Crippen molar-refractivity contribution >= 4 is 11.5 Å². The number of hydrogen-bond donors (Lipinski definition) is 1. The van der Waals surface area contributed by atoms with Gasteiger partial charge in [0.25, 0.3) is 0 Å². The van der Waals surface area contributed by atoms with Gasteiger partial charge in [-0.1, -0.05) is 0 Å². The van der Waals surface area contributed by atoms with E-state index in [0.717, 1.165) is 36.6 Å². The second-order valence-electron chi connectivity index (χ2n) is 2.48. The first-order valence-corrected chi connectivity index (χ1v) is 4.59. The Balaban J connectivity index is 2.27. The molecular formula is C7H13N3S. The lowest BCUT2D eigenvalue weighted by Crippen LogP contribution is -1.98. The van der Waals surface area contributed by atoms with Gasteiger partial charge in [-0.15, -0.1) is 0 Å². The van der Waals surface area contributed by atoms with Crippen LogP contribution in [0.3, 0.4) is 0 Å². The van der Waals surface area contributed by atoms with Crippen molar-refractivity contribution < 1.29 is 0 Å². The molecule has 1 aromatic heterocycles. The molecule has 1 rings (SSSR count).